The largest absolute Gasteiger partial charge is 0.296 e. The van der Waals surface area contributed by atoms with Crippen molar-refractivity contribution in [2.75, 3.05) is 13.1 Å². The van der Waals surface area contributed by atoms with Gasteiger partial charge < -0.3 is 0 Å². The number of rotatable bonds is 8. The third kappa shape index (κ3) is 4.19. The van der Waals surface area contributed by atoms with Crippen molar-refractivity contribution in [3.8, 4) is 11.4 Å². The summed E-state index contributed by atoms with van der Waals surface area (Å²) in [7, 11) is 0. The third-order valence-corrected chi connectivity index (χ3v) is 6.00. The average molecular weight is 368 g/mol. The summed E-state index contributed by atoms with van der Waals surface area (Å²) in [5, 5.41) is 15.0. The van der Waals surface area contributed by atoms with Crippen molar-refractivity contribution in [3.05, 3.63) is 52.7 Å². The predicted octanol–water partition coefficient (Wildman–Crippen LogP) is 4.41. The van der Waals surface area contributed by atoms with Gasteiger partial charge >= 0.3 is 0 Å². The van der Waals surface area contributed by atoms with Gasteiger partial charge in [0.05, 0.1) is 6.54 Å². The topological polar surface area (TPSA) is 46.8 Å². The second kappa shape index (κ2) is 8.56. The molecule has 1 aromatic carbocycles. The van der Waals surface area contributed by atoms with E-state index in [0.717, 1.165) is 18.5 Å². The minimum Gasteiger partial charge on any atom is -0.296 e. The predicted molar refractivity (Wildman–Crippen MR) is 105 cm³/mol. The molecule has 0 N–H and O–H groups in total. The Morgan fingerprint density at radius 1 is 1.00 bits per heavy atom. The molecule has 0 radical (unpaired) electrons. The number of tetrazole rings is 1. The Balaban J connectivity index is 1.20. The summed E-state index contributed by atoms with van der Waals surface area (Å²) >= 11 is 1.90. The lowest BCUT2D eigenvalue weighted by Crippen LogP contribution is -2.23. The summed E-state index contributed by atoms with van der Waals surface area (Å²) in [5.41, 5.74) is 1.02. The highest BCUT2D eigenvalue weighted by Crippen LogP contribution is 2.34. The average Bonchev–Trinajstić information content (AvgIpc) is 3.43. The van der Waals surface area contributed by atoms with Crippen LogP contribution < -0.4 is 0 Å². The van der Waals surface area contributed by atoms with E-state index in [-0.39, 0.29) is 0 Å². The molecule has 3 aromatic rings. The molecule has 136 valence electrons. The van der Waals surface area contributed by atoms with Crippen molar-refractivity contribution >= 4 is 11.3 Å². The molecule has 1 unspecified atom stereocenters. The van der Waals surface area contributed by atoms with E-state index in [2.05, 4.69) is 37.8 Å². The third-order valence-electron chi connectivity index (χ3n) is 5.02. The molecule has 0 saturated carbocycles. The molecule has 1 atom stereocenters. The minimum atomic E-state index is 0.653. The van der Waals surface area contributed by atoms with Gasteiger partial charge in [-0.15, -0.1) is 21.5 Å². The fraction of sp³-hybridized carbons (Fsp3) is 0.450. The number of thiophene rings is 1. The van der Waals surface area contributed by atoms with Gasteiger partial charge in [-0.25, -0.2) is 0 Å². The van der Waals surface area contributed by atoms with Crippen LogP contribution >= 0.6 is 11.3 Å². The Labute approximate surface area is 158 Å². The zero-order chi connectivity index (χ0) is 17.6. The molecule has 5 nitrogen and oxygen atoms in total. The standard InChI is InChI=1S/C20H25N5S/c1-3-9-17(10-4-1)20-21-23-25(22-20)15-6-2-5-13-24-14-7-11-18(24)19-12-8-16-26-19/h1,3-4,8-10,12,16,18H,2,5-7,11,13-15H2. The van der Waals surface area contributed by atoms with Gasteiger partial charge in [0, 0.05) is 16.5 Å². The van der Waals surface area contributed by atoms with Gasteiger partial charge in [0.25, 0.3) is 0 Å². The molecule has 1 aliphatic rings. The van der Waals surface area contributed by atoms with Crippen LogP contribution in [0.2, 0.25) is 0 Å². The van der Waals surface area contributed by atoms with Crippen LogP contribution in [0, 0.1) is 0 Å². The van der Waals surface area contributed by atoms with E-state index >= 15 is 0 Å². The van der Waals surface area contributed by atoms with Crippen LogP contribution in [-0.4, -0.2) is 38.2 Å². The van der Waals surface area contributed by atoms with E-state index in [9.17, 15) is 0 Å². The second-order valence-electron chi connectivity index (χ2n) is 6.85. The van der Waals surface area contributed by atoms with Crippen molar-refractivity contribution in [2.45, 2.75) is 44.7 Å². The number of hydrogen-bond donors (Lipinski definition) is 0. The van der Waals surface area contributed by atoms with E-state index in [1.807, 2.05) is 41.7 Å². The van der Waals surface area contributed by atoms with Gasteiger partial charge in [0.2, 0.25) is 5.82 Å². The van der Waals surface area contributed by atoms with Gasteiger partial charge in [-0.3, -0.25) is 4.90 Å². The van der Waals surface area contributed by atoms with Gasteiger partial charge in [0.15, 0.2) is 0 Å². The Morgan fingerprint density at radius 2 is 1.88 bits per heavy atom. The molecule has 26 heavy (non-hydrogen) atoms. The van der Waals surface area contributed by atoms with Gasteiger partial charge in [-0.2, -0.15) is 4.80 Å². The van der Waals surface area contributed by atoms with E-state index < -0.39 is 0 Å². The zero-order valence-electron chi connectivity index (χ0n) is 15.0. The maximum absolute atomic E-state index is 4.49. The Bertz CT molecular complexity index is 784. The Morgan fingerprint density at radius 3 is 2.73 bits per heavy atom. The summed E-state index contributed by atoms with van der Waals surface area (Å²) in [6, 6.07) is 15.1. The first-order valence-corrected chi connectivity index (χ1v) is 10.4. The van der Waals surface area contributed by atoms with E-state index in [4.69, 9.17) is 0 Å². The maximum Gasteiger partial charge on any atom is 0.204 e. The second-order valence-corrected chi connectivity index (χ2v) is 7.82. The molecule has 2 aromatic heterocycles. The first-order chi connectivity index (χ1) is 12.9. The molecular formula is C20H25N5S. The molecule has 4 rings (SSSR count). The molecule has 1 aliphatic heterocycles. The van der Waals surface area contributed by atoms with E-state index in [0.29, 0.717) is 11.9 Å². The van der Waals surface area contributed by atoms with Crippen molar-refractivity contribution in [3.63, 3.8) is 0 Å². The first kappa shape index (κ1) is 17.4. The smallest absolute Gasteiger partial charge is 0.204 e. The summed E-state index contributed by atoms with van der Waals surface area (Å²) in [6.07, 6.45) is 6.18. The molecule has 6 heteroatoms. The van der Waals surface area contributed by atoms with Crippen LogP contribution in [0.5, 0.6) is 0 Å². The molecule has 0 bridgehead atoms. The number of aryl methyl sites for hydroxylation is 1. The lowest BCUT2D eigenvalue weighted by molar-refractivity contribution is 0.253. The number of unbranched alkanes of at least 4 members (excludes halogenated alkanes) is 2. The van der Waals surface area contributed by atoms with Gasteiger partial charge in [-0.1, -0.05) is 42.8 Å². The van der Waals surface area contributed by atoms with Crippen LogP contribution in [0.15, 0.2) is 47.8 Å². The fourth-order valence-corrected chi connectivity index (χ4v) is 4.58. The summed E-state index contributed by atoms with van der Waals surface area (Å²) in [4.78, 5) is 5.92. The molecule has 3 heterocycles. The number of benzene rings is 1. The van der Waals surface area contributed by atoms with Crippen molar-refractivity contribution in [1.29, 1.82) is 0 Å². The van der Waals surface area contributed by atoms with Crippen molar-refractivity contribution in [2.24, 2.45) is 0 Å². The van der Waals surface area contributed by atoms with Crippen LogP contribution in [0.4, 0.5) is 0 Å². The van der Waals surface area contributed by atoms with E-state index in [1.54, 1.807) is 4.80 Å². The summed E-state index contributed by atoms with van der Waals surface area (Å²) in [5.74, 6) is 0.710. The molecule has 0 spiro atoms. The summed E-state index contributed by atoms with van der Waals surface area (Å²) in [6.45, 7) is 3.28. The van der Waals surface area contributed by atoms with Crippen LogP contribution in [-0.2, 0) is 6.54 Å². The SMILES string of the molecule is c1ccc(-c2nnn(CCCCCN3CCCC3c3cccs3)n2)cc1. The van der Waals surface area contributed by atoms with Crippen LogP contribution in [0.25, 0.3) is 11.4 Å². The first-order valence-electron chi connectivity index (χ1n) is 9.51. The van der Waals surface area contributed by atoms with E-state index in [1.165, 1.54) is 43.6 Å². The number of likely N-dealkylation sites (tertiary alicyclic amines) is 1. The minimum absolute atomic E-state index is 0.653. The number of nitrogens with zero attached hydrogens (tertiary/aromatic N) is 5. The fourth-order valence-electron chi connectivity index (χ4n) is 3.68. The van der Waals surface area contributed by atoms with Crippen molar-refractivity contribution < 1.29 is 0 Å². The summed E-state index contributed by atoms with van der Waals surface area (Å²) < 4.78 is 0. The maximum atomic E-state index is 4.49. The molecule has 0 aliphatic carbocycles. The Hall–Kier alpha value is -2.05. The monoisotopic (exact) mass is 367 g/mol. The van der Waals surface area contributed by atoms with Crippen LogP contribution in [0.3, 0.4) is 0 Å². The van der Waals surface area contributed by atoms with Gasteiger partial charge in [-0.05, 0) is 55.4 Å². The zero-order valence-corrected chi connectivity index (χ0v) is 15.8. The molecule has 1 fully saturated rings. The molecular weight excluding hydrogens is 342 g/mol. The number of aromatic nitrogens is 4. The lowest BCUT2D eigenvalue weighted by atomic mass is 10.1. The lowest BCUT2D eigenvalue weighted by Gasteiger charge is -2.23. The Kier molecular flexibility index (Phi) is 5.72. The number of hydrogen-bond acceptors (Lipinski definition) is 5. The van der Waals surface area contributed by atoms with Gasteiger partial charge in [0.1, 0.15) is 0 Å². The van der Waals surface area contributed by atoms with Crippen LogP contribution in [0.1, 0.15) is 43.0 Å². The normalized spacial score (nSPS) is 17.8. The van der Waals surface area contributed by atoms with Crippen molar-refractivity contribution in [1.82, 2.24) is 25.1 Å². The highest BCUT2D eigenvalue weighted by atomic mass is 32.1. The quantitative estimate of drug-likeness (QED) is 0.553. The highest BCUT2D eigenvalue weighted by molar-refractivity contribution is 7.10. The highest BCUT2D eigenvalue weighted by Gasteiger charge is 2.25. The molecule has 1 saturated heterocycles. The molecule has 0 amide bonds.